The number of halogens is 3. The maximum absolute atomic E-state index is 11.4. The molecule has 0 aromatic heterocycles. The highest BCUT2D eigenvalue weighted by Crippen LogP contribution is 2.17. The predicted octanol–water partition coefficient (Wildman–Crippen LogP) is -0.392. The van der Waals surface area contributed by atoms with Crippen molar-refractivity contribution in [1.82, 2.24) is 16.0 Å². The number of hydrogen-bond donors (Lipinski definition) is 6. The van der Waals surface area contributed by atoms with Crippen molar-refractivity contribution in [3.8, 4) is 0 Å². The molecule has 0 heterocycles. The van der Waals surface area contributed by atoms with Gasteiger partial charge in [-0.3, -0.25) is 30.3 Å². The third-order valence-electron chi connectivity index (χ3n) is 3.02. The van der Waals surface area contributed by atoms with Crippen molar-refractivity contribution >= 4 is 65.5 Å². The lowest BCUT2D eigenvalue weighted by Crippen LogP contribution is -2.73. The van der Waals surface area contributed by atoms with E-state index in [2.05, 4.69) is 63.7 Å². The summed E-state index contributed by atoms with van der Waals surface area (Å²) in [6.07, 6.45) is 2.97. The van der Waals surface area contributed by atoms with Gasteiger partial charge in [0.25, 0.3) is 0 Å². The molecule has 3 atom stereocenters. The normalized spacial score (nSPS) is 17.5. The Balaban J connectivity index is 5.54. The Kier molecular flexibility index (Phi) is 11.2. The van der Waals surface area contributed by atoms with Crippen molar-refractivity contribution in [3.63, 3.8) is 0 Å². The van der Waals surface area contributed by atoms with E-state index in [1.165, 1.54) is 0 Å². The Labute approximate surface area is 166 Å². The lowest BCUT2D eigenvalue weighted by atomic mass is 10.1. The van der Waals surface area contributed by atoms with E-state index in [4.69, 9.17) is 17.2 Å². The number of unbranched alkanes of at least 4 members (excludes halogenated alkanes) is 2. The van der Waals surface area contributed by atoms with Gasteiger partial charge in [-0.2, -0.15) is 0 Å². The van der Waals surface area contributed by atoms with Gasteiger partial charge in [-0.1, -0.05) is 67.6 Å². The molecule has 3 unspecified atom stereocenters. The van der Waals surface area contributed by atoms with Crippen molar-refractivity contribution in [2.75, 3.05) is 0 Å². The van der Waals surface area contributed by atoms with Crippen LogP contribution in [-0.4, -0.2) is 38.4 Å². The smallest absolute Gasteiger partial charge is 0.245 e. The first-order chi connectivity index (χ1) is 11.0. The van der Waals surface area contributed by atoms with Crippen molar-refractivity contribution in [2.45, 2.75) is 53.2 Å². The molecule has 0 fully saturated rings. The first-order valence-corrected chi connectivity index (χ1v) is 9.92. The molecule has 0 bridgehead atoms. The van der Waals surface area contributed by atoms with Crippen molar-refractivity contribution in [1.29, 1.82) is 0 Å². The van der Waals surface area contributed by atoms with Crippen LogP contribution < -0.4 is 33.2 Å². The van der Waals surface area contributed by atoms with Gasteiger partial charge in [-0.15, -0.1) is 0 Å². The third kappa shape index (κ3) is 8.72. The molecule has 0 radical (unpaired) electrons. The van der Waals surface area contributed by atoms with Crippen LogP contribution in [0.1, 0.15) is 32.6 Å². The number of rotatable bonds is 13. The SMILES string of the molecule is CCCCCC(NC(Br)C(N)=O)(NC(Br)C(N)=O)NC(Br)C(N)=O. The lowest BCUT2D eigenvalue weighted by molar-refractivity contribution is -0.119. The molecular formula is C12H23Br3N6O3. The van der Waals surface area contributed by atoms with Crippen molar-refractivity contribution < 1.29 is 14.4 Å². The van der Waals surface area contributed by atoms with Crippen molar-refractivity contribution in [3.05, 3.63) is 0 Å². The number of hydrogen-bond acceptors (Lipinski definition) is 6. The van der Waals surface area contributed by atoms with Crippen LogP contribution in [0.25, 0.3) is 0 Å². The first-order valence-electron chi connectivity index (χ1n) is 7.18. The zero-order valence-electron chi connectivity index (χ0n) is 13.2. The molecule has 0 aliphatic carbocycles. The van der Waals surface area contributed by atoms with Crippen LogP contribution in [0.5, 0.6) is 0 Å². The minimum Gasteiger partial charge on any atom is -0.368 e. The molecule has 24 heavy (non-hydrogen) atoms. The standard InChI is InChI=1S/C12H23Br3N6O3/c1-2-3-4-5-12(19-6(13)9(16)22,20-7(14)10(17)23)21-8(15)11(18)24/h6-8,19-21H,2-5H2,1H3,(H2,16,22)(H2,17,23)(H2,18,24). The summed E-state index contributed by atoms with van der Waals surface area (Å²) in [5, 5.41) is 8.71. The molecule has 140 valence electrons. The highest BCUT2D eigenvalue weighted by Gasteiger charge is 2.38. The van der Waals surface area contributed by atoms with E-state index < -0.39 is 38.4 Å². The molecule has 0 aliphatic heterocycles. The Morgan fingerprint density at radius 2 is 1.17 bits per heavy atom. The van der Waals surface area contributed by atoms with Gasteiger partial charge in [-0.05, 0) is 12.8 Å². The van der Waals surface area contributed by atoms with Gasteiger partial charge in [0.15, 0.2) is 0 Å². The van der Waals surface area contributed by atoms with Gasteiger partial charge in [0.2, 0.25) is 17.7 Å². The van der Waals surface area contributed by atoms with Crippen LogP contribution in [0.15, 0.2) is 0 Å². The molecule has 9 N–H and O–H groups in total. The second kappa shape index (κ2) is 11.4. The maximum atomic E-state index is 11.4. The zero-order valence-corrected chi connectivity index (χ0v) is 17.9. The molecule has 9 nitrogen and oxygen atoms in total. The average Bonchev–Trinajstić information content (AvgIpc) is 2.46. The van der Waals surface area contributed by atoms with E-state index >= 15 is 0 Å². The molecule has 0 saturated heterocycles. The van der Waals surface area contributed by atoms with Crippen LogP contribution in [0, 0.1) is 0 Å². The Hall–Kier alpha value is -0.270. The van der Waals surface area contributed by atoms with Crippen LogP contribution in [-0.2, 0) is 14.4 Å². The maximum Gasteiger partial charge on any atom is 0.245 e. The van der Waals surface area contributed by atoms with E-state index in [1.54, 1.807) is 0 Å². The molecule has 0 aliphatic rings. The van der Waals surface area contributed by atoms with Gasteiger partial charge in [-0.25, -0.2) is 0 Å². The van der Waals surface area contributed by atoms with E-state index in [1.807, 2.05) is 6.92 Å². The van der Waals surface area contributed by atoms with E-state index in [-0.39, 0.29) is 0 Å². The van der Waals surface area contributed by atoms with Gasteiger partial charge < -0.3 is 17.2 Å². The number of nitrogens with one attached hydrogen (secondary N) is 3. The molecule has 0 aromatic rings. The third-order valence-corrected chi connectivity index (χ3v) is 5.06. The summed E-state index contributed by atoms with van der Waals surface area (Å²) < 4.78 is 0. The molecule has 0 saturated carbocycles. The summed E-state index contributed by atoms with van der Waals surface area (Å²) in [4.78, 5) is 31.4. The lowest BCUT2D eigenvalue weighted by Gasteiger charge is -2.40. The summed E-state index contributed by atoms with van der Waals surface area (Å²) in [6.45, 7) is 2.03. The Morgan fingerprint density at radius 1 is 0.833 bits per heavy atom. The minimum absolute atomic E-state index is 0.404. The van der Waals surface area contributed by atoms with E-state index in [9.17, 15) is 14.4 Å². The number of carbonyl (C=O) groups is 3. The molecule has 12 heteroatoms. The highest BCUT2D eigenvalue weighted by atomic mass is 79.9. The summed E-state index contributed by atoms with van der Waals surface area (Å²) in [5.41, 5.74) is 15.8. The van der Waals surface area contributed by atoms with E-state index in [0.717, 1.165) is 19.3 Å². The highest BCUT2D eigenvalue weighted by molar-refractivity contribution is 9.10. The summed E-state index contributed by atoms with van der Waals surface area (Å²) in [7, 11) is 0. The van der Waals surface area contributed by atoms with E-state index in [0.29, 0.717) is 6.42 Å². The first kappa shape index (κ1) is 23.7. The average molecular weight is 539 g/mol. The van der Waals surface area contributed by atoms with Gasteiger partial charge in [0.1, 0.15) is 20.6 Å². The number of primary amides is 3. The van der Waals surface area contributed by atoms with Crippen LogP contribution in [0.3, 0.4) is 0 Å². The summed E-state index contributed by atoms with van der Waals surface area (Å²) in [5.74, 6) is -3.25. The fourth-order valence-electron chi connectivity index (χ4n) is 1.84. The molecule has 0 aromatic carbocycles. The minimum atomic E-state index is -1.23. The monoisotopic (exact) mass is 536 g/mol. The zero-order chi connectivity index (χ0) is 18.9. The Morgan fingerprint density at radius 3 is 1.42 bits per heavy atom. The van der Waals surface area contributed by atoms with Gasteiger partial charge >= 0.3 is 0 Å². The quantitative estimate of drug-likeness (QED) is 0.0808. The molecular weight excluding hydrogens is 516 g/mol. The van der Waals surface area contributed by atoms with Crippen molar-refractivity contribution in [2.24, 2.45) is 17.2 Å². The summed E-state index contributed by atoms with van der Waals surface area (Å²) in [6, 6.07) is 0. The predicted molar refractivity (Wildman–Crippen MR) is 102 cm³/mol. The topological polar surface area (TPSA) is 165 Å². The number of alkyl halides is 3. The summed E-state index contributed by atoms with van der Waals surface area (Å²) >= 11 is 9.34. The van der Waals surface area contributed by atoms with Crippen LogP contribution in [0.4, 0.5) is 0 Å². The fraction of sp³-hybridized carbons (Fsp3) is 0.750. The Bertz CT molecular complexity index is 399. The second-order valence-electron chi connectivity index (χ2n) is 5.09. The number of carbonyl (C=O) groups excluding carboxylic acids is 3. The van der Waals surface area contributed by atoms with Gasteiger partial charge in [0.05, 0.1) is 0 Å². The molecule has 0 rings (SSSR count). The number of nitrogens with two attached hydrogens (primary N) is 3. The van der Waals surface area contributed by atoms with Gasteiger partial charge in [0, 0.05) is 0 Å². The largest absolute Gasteiger partial charge is 0.368 e. The number of amides is 3. The molecule has 3 amide bonds. The second-order valence-corrected chi connectivity index (χ2v) is 7.84. The van der Waals surface area contributed by atoms with Crippen LogP contribution >= 0.6 is 47.8 Å². The molecule has 0 spiro atoms. The fourth-order valence-corrected chi connectivity index (χ4v) is 3.02. The van der Waals surface area contributed by atoms with Crippen LogP contribution in [0.2, 0.25) is 0 Å².